The Labute approximate surface area is 222 Å². The molecule has 5 rings (SSSR count). The van der Waals surface area contributed by atoms with E-state index < -0.39 is 17.6 Å². The van der Waals surface area contributed by atoms with Crippen LogP contribution in [0.1, 0.15) is 28.4 Å². The van der Waals surface area contributed by atoms with Gasteiger partial charge in [-0.05, 0) is 48.5 Å². The van der Waals surface area contributed by atoms with E-state index in [4.69, 9.17) is 5.73 Å². The van der Waals surface area contributed by atoms with Crippen LogP contribution >= 0.6 is 11.3 Å². The predicted molar refractivity (Wildman–Crippen MR) is 144 cm³/mol. The summed E-state index contributed by atoms with van der Waals surface area (Å²) < 4.78 is 41.9. The number of benzene rings is 2. The highest BCUT2D eigenvalue weighted by atomic mass is 32.1. The highest BCUT2D eigenvalue weighted by Gasteiger charge is 2.34. The van der Waals surface area contributed by atoms with Gasteiger partial charge in [-0.2, -0.15) is 13.2 Å². The Bertz CT molecular complexity index is 1460. The first kappa shape index (κ1) is 26.1. The molecule has 1 aliphatic heterocycles. The molecule has 7 nitrogen and oxygen atoms in total. The number of nitrogens with one attached hydrogen (secondary N) is 1. The SMILES string of the molecule is CCN1CCN(Cc2ccc(NC(=O)c3cccc(-c4ccc5nc(N)sc5n4)c3)cc2C(F)(F)F)CC1. The molecule has 0 atom stereocenters. The first-order valence-corrected chi connectivity index (χ1v) is 13.1. The van der Waals surface area contributed by atoms with Gasteiger partial charge in [-0.3, -0.25) is 9.69 Å². The number of pyridine rings is 1. The molecule has 3 heterocycles. The van der Waals surface area contributed by atoms with Crippen molar-refractivity contribution in [2.75, 3.05) is 43.8 Å². The molecule has 2 aromatic carbocycles. The number of carbonyl (C=O) groups excluding carboxylic acids is 1. The van der Waals surface area contributed by atoms with Crippen molar-refractivity contribution < 1.29 is 18.0 Å². The molecule has 0 bridgehead atoms. The van der Waals surface area contributed by atoms with E-state index in [0.29, 0.717) is 32.3 Å². The van der Waals surface area contributed by atoms with Crippen molar-refractivity contribution in [2.45, 2.75) is 19.6 Å². The fraction of sp³-hybridized carbons (Fsp3) is 0.296. The standard InChI is InChI=1S/C27H27F3N6OS/c1-2-35-10-12-36(13-11-35)16-19-6-7-20(15-21(19)27(28,29)30)32-24(37)18-5-3-4-17(14-18)22-8-9-23-25(33-22)38-26(31)34-23/h3-9,14-15H,2,10-13,16H2,1H3,(H2,31,34)(H,32,37). The van der Waals surface area contributed by atoms with Crippen LogP contribution in [0.3, 0.4) is 0 Å². The number of nitrogens with two attached hydrogens (primary N) is 1. The fourth-order valence-electron chi connectivity index (χ4n) is 4.58. The van der Waals surface area contributed by atoms with Gasteiger partial charge in [0.2, 0.25) is 0 Å². The van der Waals surface area contributed by atoms with Crippen LogP contribution in [0, 0.1) is 0 Å². The number of hydrogen-bond acceptors (Lipinski definition) is 7. The summed E-state index contributed by atoms with van der Waals surface area (Å²) in [6, 6.07) is 14.4. The van der Waals surface area contributed by atoms with Crippen LogP contribution in [0.25, 0.3) is 21.6 Å². The summed E-state index contributed by atoms with van der Waals surface area (Å²) in [5.41, 5.74) is 7.65. The number of hydrogen-bond donors (Lipinski definition) is 2. The third kappa shape index (κ3) is 5.79. The molecular weight excluding hydrogens is 513 g/mol. The van der Waals surface area contributed by atoms with E-state index in [1.54, 1.807) is 30.3 Å². The van der Waals surface area contributed by atoms with Gasteiger partial charge in [0.05, 0.1) is 11.3 Å². The van der Waals surface area contributed by atoms with Crippen LogP contribution in [-0.4, -0.2) is 58.4 Å². The summed E-state index contributed by atoms with van der Waals surface area (Å²) in [6.07, 6.45) is -4.54. The van der Waals surface area contributed by atoms with Gasteiger partial charge in [-0.1, -0.05) is 36.5 Å². The lowest BCUT2D eigenvalue weighted by Crippen LogP contribution is -2.45. The van der Waals surface area contributed by atoms with E-state index in [1.165, 1.54) is 23.5 Å². The topological polar surface area (TPSA) is 87.4 Å². The molecule has 1 aliphatic rings. The van der Waals surface area contributed by atoms with Crippen molar-refractivity contribution in [1.29, 1.82) is 0 Å². The minimum Gasteiger partial charge on any atom is -0.375 e. The van der Waals surface area contributed by atoms with Crippen molar-refractivity contribution in [3.63, 3.8) is 0 Å². The van der Waals surface area contributed by atoms with E-state index in [2.05, 4.69) is 27.1 Å². The molecule has 0 radical (unpaired) electrons. The smallest absolute Gasteiger partial charge is 0.375 e. The zero-order chi connectivity index (χ0) is 26.9. The Balaban J connectivity index is 1.34. The molecule has 1 saturated heterocycles. The number of piperazine rings is 1. The molecule has 2 aromatic heterocycles. The highest BCUT2D eigenvalue weighted by Crippen LogP contribution is 2.35. The number of fused-ring (bicyclic) bond motifs is 1. The number of amides is 1. The number of likely N-dealkylation sites (N-methyl/N-ethyl adjacent to an activating group) is 1. The lowest BCUT2D eigenvalue weighted by molar-refractivity contribution is -0.138. The summed E-state index contributed by atoms with van der Waals surface area (Å²) in [7, 11) is 0. The number of nitrogen functional groups attached to an aromatic ring is 1. The van der Waals surface area contributed by atoms with Crippen LogP contribution in [0.2, 0.25) is 0 Å². The van der Waals surface area contributed by atoms with E-state index in [9.17, 15) is 18.0 Å². The molecule has 1 fully saturated rings. The van der Waals surface area contributed by atoms with Crippen LogP contribution in [0.4, 0.5) is 24.0 Å². The van der Waals surface area contributed by atoms with Crippen LogP contribution in [-0.2, 0) is 12.7 Å². The van der Waals surface area contributed by atoms with Gasteiger partial charge in [0, 0.05) is 49.5 Å². The molecule has 0 aliphatic carbocycles. The third-order valence-electron chi connectivity index (χ3n) is 6.67. The van der Waals surface area contributed by atoms with Gasteiger partial charge < -0.3 is 16.0 Å². The van der Waals surface area contributed by atoms with Crippen molar-refractivity contribution in [2.24, 2.45) is 0 Å². The number of rotatable bonds is 6. The van der Waals surface area contributed by atoms with E-state index in [1.807, 2.05) is 11.0 Å². The molecule has 4 aromatic rings. The molecule has 11 heteroatoms. The maximum absolute atomic E-state index is 14.0. The van der Waals surface area contributed by atoms with Gasteiger partial charge in [-0.25, -0.2) is 9.97 Å². The number of aromatic nitrogens is 2. The Kier molecular flexibility index (Phi) is 7.33. The van der Waals surface area contributed by atoms with E-state index in [-0.39, 0.29) is 17.8 Å². The number of thiazole rings is 1. The Hall–Kier alpha value is -3.54. The molecule has 198 valence electrons. The zero-order valence-corrected chi connectivity index (χ0v) is 21.6. The number of alkyl halides is 3. The Morgan fingerprint density at radius 1 is 1.03 bits per heavy atom. The molecule has 3 N–H and O–H groups in total. The second-order valence-corrected chi connectivity index (χ2v) is 10.2. The van der Waals surface area contributed by atoms with Crippen molar-refractivity contribution in [1.82, 2.24) is 19.8 Å². The Morgan fingerprint density at radius 2 is 1.79 bits per heavy atom. The minimum atomic E-state index is -4.54. The van der Waals surface area contributed by atoms with Gasteiger partial charge in [-0.15, -0.1) is 0 Å². The zero-order valence-electron chi connectivity index (χ0n) is 20.8. The lowest BCUT2D eigenvalue weighted by Gasteiger charge is -2.34. The molecule has 38 heavy (non-hydrogen) atoms. The van der Waals surface area contributed by atoms with Gasteiger partial charge in [0.15, 0.2) is 5.13 Å². The van der Waals surface area contributed by atoms with Crippen LogP contribution in [0.15, 0.2) is 54.6 Å². The third-order valence-corrected chi connectivity index (χ3v) is 7.47. The number of anilines is 2. The fourth-order valence-corrected chi connectivity index (χ4v) is 5.28. The second-order valence-electron chi connectivity index (χ2n) is 9.19. The number of nitrogens with zero attached hydrogens (tertiary/aromatic N) is 4. The van der Waals surface area contributed by atoms with Crippen LogP contribution < -0.4 is 11.1 Å². The predicted octanol–water partition coefficient (Wildman–Crippen LogP) is 5.35. The normalized spacial score (nSPS) is 15.2. The van der Waals surface area contributed by atoms with Crippen molar-refractivity contribution >= 4 is 38.4 Å². The molecule has 1 amide bonds. The molecular formula is C27H27F3N6OS. The summed E-state index contributed by atoms with van der Waals surface area (Å²) in [5.74, 6) is -0.508. The minimum absolute atomic E-state index is 0.0898. The quantitative estimate of drug-likeness (QED) is 0.343. The lowest BCUT2D eigenvalue weighted by atomic mass is 10.0. The van der Waals surface area contributed by atoms with Gasteiger partial charge in [0.25, 0.3) is 5.91 Å². The van der Waals surface area contributed by atoms with Gasteiger partial charge in [0.1, 0.15) is 10.3 Å². The maximum atomic E-state index is 14.0. The largest absolute Gasteiger partial charge is 0.416 e. The Morgan fingerprint density at radius 3 is 2.53 bits per heavy atom. The van der Waals surface area contributed by atoms with E-state index >= 15 is 0 Å². The maximum Gasteiger partial charge on any atom is 0.416 e. The summed E-state index contributed by atoms with van der Waals surface area (Å²) >= 11 is 1.27. The van der Waals surface area contributed by atoms with E-state index in [0.717, 1.165) is 38.8 Å². The monoisotopic (exact) mass is 540 g/mol. The van der Waals surface area contributed by atoms with Crippen molar-refractivity contribution in [3.05, 3.63) is 71.3 Å². The summed E-state index contributed by atoms with van der Waals surface area (Å²) in [5, 5.41) is 3.04. The summed E-state index contributed by atoms with van der Waals surface area (Å²) in [6.45, 7) is 6.35. The molecule has 0 spiro atoms. The average Bonchev–Trinajstić information content (AvgIpc) is 3.28. The first-order chi connectivity index (χ1) is 18.2. The molecule has 0 saturated carbocycles. The molecule has 0 unspecified atom stereocenters. The first-order valence-electron chi connectivity index (χ1n) is 12.3. The summed E-state index contributed by atoms with van der Waals surface area (Å²) in [4.78, 5) is 26.7. The van der Waals surface area contributed by atoms with Crippen LogP contribution in [0.5, 0.6) is 0 Å². The highest BCUT2D eigenvalue weighted by molar-refractivity contribution is 7.21. The number of carbonyl (C=O) groups is 1. The number of halogens is 3. The second kappa shape index (κ2) is 10.7. The average molecular weight is 541 g/mol. The van der Waals surface area contributed by atoms with Gasteiger partial charge >= 0.3 is 6.18 Å². The van der Waals surface area contributed by atoms with Crippen molar-refractivity contribution in [3.8, 4) is 11.3 Å².